The lowest BCUT2D eigenvalue weighted by molar-refractivity contribution is -0.155. The number of hydrogen-bond donors (Lipinski definition) is 2. The number of nitrogens with one attached hydrogen (secondary N) is 1. The highest BCUT2D eigenvalue weighted by atomic mass is 19.4. The number of alkyl halides is 3. The molecule has 0 saturated heterocycles. The SMILES string of the molecule is C[C@@H](N[C@@H]1CCCC[C@H]1O)C(F)(F)F. The largest absolute Gasteiger partial charge is 0.403 e. The van der Waals surface area contributed by atoms with Crippen molar-refractivity contribution in [2.75, 3.05) is 0 Å². The molecule has 0 heterocycles. The third kappa shape index (κ3) is 3.13. The Hall–Kier alpha value is -0.290. The van der Waals surface area contributed by atoms with E-state index in [0.717, 1.165) is 19.8 Å². The molecule has 0 radical (unpaired) electrons. The average Bonchev–Trinajstić information content (AvgIpc) is 2.07. The van der Waals surface area contributed by atoms with Gasteiger partial charge in [-0.15, -0.1) is 0 Å². The zero-order valence-electron chi connectivity index (χ0n) is 8.14. The highest BCUT2D eigenvalue weighted by molar-refractivity contribution is 4.84. The molecule has 1 aliphatic carbocycles. The first kappa shape index (κ1) is 11.8. The van der Waals surface area contributed by atoms with Crippen LogP contribution in [0.15, 0.2) is 0 Å². The fraction of sp³-hybridized carbons (Fsp3) is 1.00. The number of aliphatic hydroxyl groups excluding tert-OH is 1. The Morgan fingerprint density at radius 2 is 1.86 bits per heavy atom. The molecule has 2 nitrogen and oxygen atoms in total. The summed E-state index contributed by atoms with van der Waals surface area (Å²) in [6.07, 6.45) is -1.84. The molecule has 1 saturated carbocycles. The lowest BCUT2D eigenvalue weighted by Crippen LogP contribution is -2.51. The van der Waals surface area contributed by atoms with E-state index in [2.05, 4.69) is 5.32 Å². The quantitative estimate of drug-likeness (QED) is 0.730. The van der Waals surface area contributed by atoms with E-state index >= 15 is 0 Å². The second-order valence-corrected chi connectivity index (χ2v) is 3.89. The molecule has 0 aromatic heterocycles. The minimum Gasteiger partial charge on any atom is -0.392 e. The summed E-state index contributed by atoms with van der Waals surface area (Å²) in [4.78, 5) is 0. The van der Waals surface area contributed by atoms with E-state index in [-0.39, 0.29) is 0 Å². The Bertz CT molecular complexity index is 183. The molecule has 0 aromatic rings. The van der Waals surface area contributed by atoms with Gasteiger partial charge in [-0.05, 0) is 19.8 Å². The van der Waals surface area contributed by atoms with Gasteiger partial charge in [-0.2, -0.15) is 13.2 Å². The standard InChI is InChI=1S/C9H16F3NO/c1-6(9(10,11)12)13-7-4-2-3-5-8(7)14/h6-8,13-14H,2-5H2,1H3/t6-,7-,8-/m1/s1. The summed E-state index contributed by atoms with van der Waals surface area (Å²) < 4.78 is 36.6. The maximum absolute atomic E-state index is 12.2. The van der Waals surface area contributed by atoms with Crippen molar-refractivity contribution in [1.29, 1.82) is 0 Å². The van der Waals surface area contributed by atoms with Crippen LogP contribution in [0.5, 0.6) is 0 Å². The third-order valence-electron chi connectivity index (χ3n) is 2.68. The van der Waals surface area contributed by atoms with E-state index in [1.54, 1.807) is 0 Å². The molecule has 0 aliphatic heterocycles. The summed E-state index contributed by atoms with van der Waals surface area (Å²) in [6.45, 7) is 1.08. The van der Waals surface area contributed by atoms with Gasteiger partial charge in [-0.3, -0.25) is 0 Å². The molecule has 5 heteroatoms. The molecule has 3 atom stereocenters. The van der Waals surface area contributed by atoms with Gasteiger partial charge in [0.1, 0.15) is 6.04 Å². The third-order valence-corrected chi connectivity index (χ3v) is 2.68. The van der Waals surface area contributed by atoms with Gasteiger partial charge < -0.3 is 10.4 Å². The topological polar surface area (TPSA) is 32.3 Å². The van der Waals surface area contributed by atoms with Crippen LogP contribution in [-0.4, -0.2) is 29.5 Å². The molecule has 14 heavy (non-hydrogen) atoms. The predicted octanol–water partition coefficient (Wildman–Crippen LogP) is 1.83. The molecule has 1 fully saturated rings. The van der Waals surface area contributed by atoms with Crippen molar-refractivity contribution in [1.82, 2.24) is 5.32 Å². The Labute approximate surface area is 81.5 Å². The monoisotopic (exact) mass is 211 g/mol. The van der Waals surface area contributed by atoms with Gasteiger partial charge in [0.2, 0.25) is 0 Å². The van der Waals surface area contributed by atoms with Crippen LogP contribution >= 0.6 is 0 Å². The Morgan fingerprint density at radius 3 is 2.36 bits per heavy atom. The van der Waals surface area contributed by atoms with Gasteiger partial charge in [0.25, 0.3) is 0 Å². The number of aliphatic hydroxyl groups is 1. The van der Waals surface area contributed by atoms with E-state index in [0.29, 0.717) is 12.8 Å². The Balaban J connectivity index is 2.42. The molecule has 2 N–H and O–H groups in total. The van der Waals surface area contributed by atoms with Crippen LogP contribution in [-0.2, 0) is 0 Å². The van der Waals surface area contributed by atoms with E-state index in [9.17, 15) is 18.3 Å². The summed E-state index contributed by atoms with van der Waals surface area (Å²) >= 11 is 0. The maximum Gasteiger partial charge on any atom is 0.403 e. The van der Waals surface area contributed by atoms with Gasteiger partial charge in [0, 0.05) is 6.04 Å². The van der Waals surface area contributed by atoms with Crippen LogP contribution in [0.4, 0.5) is 13.2 Å². The first-order valence-electron chi connectivity index (χ1n) is 4.92. The molecule has 0 bridgehead atoms. The van der Waals surface area contributed by atoms with Crippen molar-refractivity contribution in [3.63, 3.8) is 0 Å². The summed E-state index contributed by atoms with van der Waals surface area (Å²) in [7, 11) is 0. The minimum absolute atomic E-state index is 0.402. The van der Waals surface area contributed by atoms with Crippen LogP contribution in [0.25, 0.3) is 0 Å². The zero-order chi connectivity index (χ0) is 10.8. The van der Waals surface area contributed by atoms with Crippen LogP contribution in [0.1, 0.15) is 32.6 Å². The van der Waals surface area contributed by atoms with E-state index in [1.165, 1.54) is 0 Å². The summed E-state index contributed by atoms with van der Waals surface area (Å²) in [5.41, 5.74) is 0. The smallest absolute Gasteiger partial charge is 0.392 e. The van der Waals surface area contributed by atoms with Crippen LogP contribution in [0.3, 0.4) is 0 Å². The second-order valence-electron chi connectivity index (χ2n) is 3.89. The molecule has 0 unspecified atom stereocenters. The number of hydrogen-bond acceptors (Lipinski definition) is 2. The number of halogens is 3. The molecule has 0 spiro atoms. The molecular formula is C9H16F3NO. The summed E-state index contributed by atoms with van der Waals surface area (Å²) in [5.74, 6) is 0. The van der Waals surface area contributed by atoms with Gasteiger partial charge in [-0.25, -0.2) is 0 Å². The Kier molecular flexibility index (Phi) is 3.78. The van der Waals surface area contributed by atoms with Crippen molar-refractivity contribution < 1.29 is 18.3 Å². The molecule has 84 valence electrons. The molecule has 1 rings (SSSR count). The van der Waals surface area contributed by atoms with Crippen LogP contribution < -0.4 is 5.32 Å². The molecular weight excluding hydrogens is 195 g/mol. The van der Waals surface area contributed by atoms with Crippen LogP contribution in [0.2, 0.25) is 0 Å². The van der Waals surface area contributed by atoms with Crippen molar-refractivity contribution in [2.24, 2.45) is 0 Å². The highest BCUT2D eigenvalue weighted by Gasteiger charge is 2.38. The fourth-order valence-electron chi connectivity index (χ4n) is 1.72. The minimum atomic E-state index is -4.23. The van der Waals surface area contributed by atoms with E-state index in [1.807, 2.05) is 0 Å². The average molecular weight is 211 g/mol. The molecule has 0 aromatic carbocycles. The van der Waals surface area contributed by atoms with Gasteiger partial charge >= 0.3 is 6.18 Å². The molecule has 0 amide bonds. The highest BCUT2D eigenvalue weighted by Crippen LogP contribution is 2.24. The first-order valence-corrected chi connectivity index (χ1v) is 4.92. The van der Waals surface area contributed by atoms with Crippen molar-refractivity contribution in [3.8, 4) is 0 Å². The van der Waals surface area contributed by atoms with E-state index < -0.39 is 24.4 Å². The summed E-state index contributed by atoms with van der Waals surface area (Å²) in [5, 5.41) is 11.9. The normalized spacial score (nSPS) is 31.5. The van der Waals surface area contributed by atoms with Gasteiger partial charge in [-0.1, -0.05) is 12.8 Å². The predicted molar refractivity (Wildman–Crippen MR) is 46.9 cm³/mol. The van der Waals surface area contributed by atoms with Gasteiger partial charge in [0.05, 0.1) is 6.10 Å². The fourth-order valence-corrected chi connectivity index (χ4v) is 1.72. The maximum atomic E-state index is 12.2. The lowest BCUT2D eigenvalue weighted by atomic mass is 9.92. The first-order chi connectivity index (χ1) is 6.41. The molecule has 1 aliphatic rings. The van der Waals surface area contributed by atoms with Crippen molar-refractivity contribution in [3.05, 3.63) is 0 Å². The van der Waals surface area contributed by atoms with Gasteiger partial charge in [0.15, 0.2) is 0 Å². The zero-order valence-corrected chi connectivity index (χ0v) is 8.14. The number of rotatable bonds is 2. The summed E-state index contributed by atoms with van der Waals surface area (Å²) in [6, 6.07) is -1.94. The van der Waals surface area contributed by atoms with Crippen LogP contribution in [0, 0.1) is 0 Å². The second kappa shape index (κ2) is 4.49. The van der Waals surface area contributed by atoms with E-state index in [4.69, 9.17) is 0 Å². The van der Waals surface area contributed by atoms with Crippen molar-refractivity contribution in [2.45, 2.75) is 57.0 Å². The lowest BCUT2D eigenvalue weighted by Gasteiger charge is -2.31. The van der Waals surface area contributed by atoms with Crippen molar-refractivity contribution >= 4 is 0 Å². The Morgan fingerprint density at radius 1 is 1.29 bits per heavy atom.